The summed E-state index contributed by atoms with van der Waals surface area (Å²) in [5.41, 5.74) is 0.587. The standard InChI is InChI=1S/C12H20N2O3S/c1-10(2)14(8-5-9-15)11-6-3-4-7-12(11)18(13,16)17/h3-4,6-7,10,15H,5,8-9H2,1-2H3,(H2,13,16,17). The monoisotopic (exact) mass is 272 g/mol. The van der Waals surface area contributed by atoms with Gasteiger partial charge in [0, 0.05) is 19.2 Å². The molecule has 0 aliphatic carbocycles. The third kappa shape index (κ3) is 3.69. The highest BCUT2D eigenvalue weighted by Crippen LogP contribution is 2.25. The highest BCUT2D eigenvalue weighted by Gasteiger charge is 2.19. The molecule has 0 unspecified atom stereocenters. The Labute approximate surface area is 108 Å². The summed E-state index contributed by atoms with van der Waals surface area (Å²) in [4.78, 5) is 2.05. The largest absolute Gasteiger partial charge is 0.396 e. The van der Waals surface area contributed by atoms with Gasteiger partial charge in [0.05, 0.1) is 5.69 Å². The van der Waals surface area contributed by atoms with Crippen LogP contribution >= 0.6 is 0 Å². The highest BCUT2D eigenvalue weighted by molar-refractivity contribution is 7.89. The lowest BCUT2D eigenvalue weighted by atomic mass is 10.2. The third-order valence-corrected chi connectivity index (χ3v) is 3.62. The van der Waals surface area contributed by atoms with Crippen molar-refractivity contribution in [3.05, 3.63) is 24.3 Å². The molecule has 102 valence electrons. The minimum atomic E-state index is -3.74. The zero-order valence-electron chi connectivity index (χ0n) is 10.7. The second-order valence-corrected chi connectivity index (χ2v) is 5.91. The van der Waals surface area contributed by atoms with Gasteiger partial charge in [-0.05, 0) is 32.4 Å². The lowest BCUT2D eigenvalue weighted by molar-refractivity contribution is 0.288. The number of aliphatic hydroxyl groups is 1. The molecule has 3 N–H and O–H groups in total. The van der Waals surface area contributed by atoms with Crippen LogP contribution in [0.25, 0.3) is 0 Å². The predicted octanol–water partition coefficient (Wildman–Crippen LogP) is 0.931. The van der Waals surface area contributed by atoms with Crippen LogP contribution in [0.5, 0.6) is 0 Å². The summed E-state index contributed by atoms with van der Waals surface area (Å²) in [5.74, 6) is 0. The van der Waals surface area contributed by atoms with Crippen molar-refractivity contribution >= 4 is 15.7 Å². The molecule has 0 atom stereocenters. The number of para-hydroxylation sites is 1. The summed E-state index contributed by atoms with van der Waals surface area (Å²) >= 11 is 0. The van der Waals surface area contributed by atoms with Crippen molar-refractivity contribution in [2.24, 2.45) is 5.14 Å². The molecule has 0 heterocycles. The van der Waals surface area contributed by atoms with Gasteiger partial charge in [-0.3, -0.25) is 0 Å². The number of hydrogen-bond acceptors (Lipinski definition) is 4. The molecule has 0 spiro atoms. The molecule has 1 aromatic rings. The molecular weight excluding hydrogens is 252 g/mol. The van der Waals surface area contributed by atoms with Crippen LogP contribution in [-0.2, 0) is 10.0 Å². The van der Waals surface area contributed by atoms with Crippen LogP contribution in [0.1, 0.15) is 20.3 Å². The summed E-state index contributed by atoms with van der Waals surface area (Å²) < 4.78 is 23.1. The molecule has 0 aliphatic rings. The Bertz CT molecular complexity index is 486. The normalized spacial score (nSPS) is 11.8. The van der Waals surface area contributed by atoms with E-state index >= 15 is 0 Å². The molecule has 0 radical (unpaired) electrons. The van der Waals surface area contributed by atoms with E-state index in [1.165, 1.54) is 6.07 Å². The number of anilines is 1. The Morgan fingerprint density at radius 3 is 2.44 bits per heavy atom. The molecule has 5 nitrogen and oxygen atoms in total. The van der Waals surface area contributed by atoms with Gasteiger partial charge in [0.2, 0.25) is 10.0 Å². The fraction of sp³-hybridized carbons (Fsp3) is 0.500. The molecule has 0 aromatic heterocycles. The molecule has 6 heteroatoms. The van der Waals surface area contributed by atoms with Gasteiger partial charge in [-0.25, -0.2) is 13.6 Å². The van der Waals surface area contributed by atoms with Crippen LogP contribution in [0.3, 0.4) is 0 Å². The van der Waals surface area contributed by atoms with E-state index in [1.54, 1.807) is 18.2 Å². The fourth-order valence-corrected chi connectivity index (χ4v) is 2.58. The second kappa shape index (κ2) is 6.17. The molecule has 0 saturated heterocycles. The lowest BCUT2D eigenvalue weighted by Crippen LogP contribution is -2.33. The minimum absolute atomic E-state index is 0.0702. The van der Waals surface area contributed by atoms with E-state index in [1.807, 2.05) is 18.7 Å². The maximum atomic E-state index is 11.6. The number of hydrogen-bond donors (Lipinski definition) is 2. The smallest absolute Gasteiger partial charge is 0.240 e. The number of benzene rings is 1. The van der Waals surface area contributed by atoms with Gasteiger partial charge in [0.25, 0.3) is 0 Å². The summed E-state index contributed by atoms with van der Waals surface area (Å²) in [5, 5.41) is 14.1. The van der Waals surface area contributed by atoms with E-state index < -0.39 is 10.0 Å². The zero-order valence-corrected chi connectivity index (χ0v) is 11.5. The molecule has 0 aliphatic heterocycles. The van der Waals surface area contributed by atoms with Crippen LogP contribution in [0, 0.1) is 0 Å². The Morgan fingerprint density at radius 1 is 1.33 bits per heavy atom. The summed E-state index contributed by atoms with van der Waals surface area (Å²) in [6, 6.07) is 6.78. The van der Waals surface area contributed by atoms with Gasteiger partial charge in [-0.15, -0.1) is 0 Å². The molecule has 0 saturated carbocycles. The second-order valence-electron chi connectivity index (χ2n) is 4.38. The molecule has 18 heavy (non-hydrogen) atoms. The van der Waals surface area contributed by atoms with Crippen molar-refractivity contribution in [3.8, 4) is 0 Å². The predicted molar refractivity (Wildman–Crippen MR) is 72.0 cm³/mol. The van der Waals surface area contributed by atoms with E-state index in [2.05, 4.69) is 0 Å². The van der Waals surface area contributed by atoms with Crippen LogP contribution in [0.4, 0.5) is 5.69 Å². The first-order chi connectivity index (χ1) is 8.38. The number of nitrogens with zero attached hydrogens (tertiary/aromatic N) is 1. The molecule has 0 amide bonds. The highest BCUT2D eigenvalue weighted by atomic mass is 32.2. The number of nitrogens with two attached hydrogens (primary N) is 1. The van der Waals surface area contributed by atoms with Crippen molar-refractivity contribution in [2.75, 3.05) is 18.1 Å². The maximum absolute atomic E-state index is 11.6. The van der Waals surface area contributed by atoms with Gasteiger partial charge in [-0.2, -0.15) is 0 Å². The Balaban J connectivity index is 3.20. The van der Waals surface area contributed by atoms with E-state index in [-0.39, 0.29) is 17.5 Å². The van der Waals surface area contributed by atoms with E-state index in [9.17, 15) is 8.42 Å². The minimum Gasteiger partial charge on any atom is -0.396 e. The first-order valence-corrected chi connectivity index (χ1v) is 7.42. The van der Waals surface area contributed by atoms with Gasteiger partial charge >= 0.3 is 0 Å². The average Bonchev–Trinajstić information content (AvgIpc) is 2.28. The molecule has 1 rings (SSSR count). The number of aliphatic hydroxyl groups excluding tert-OH is 1. The Hall–Kier alpha value is -1.11. The maximum Gasteiger partial charge on any atom is 0.240 e. The van der Waals surface area contributed by atoms with Crippen molar-refractivity contribution in [1.29, 1.82) is 0 Å². The van der Waals surface area contributed by atoms with Crippen molar-refractivity contribution < 1.29 is 13.5 Å². The SMILES string of the molecule is CC(C)N(CCCO)c1ccccc1S(N)(=O)=O. The van der Waals surface area contributed by atoms with Gasteiger partial charge in [0.1, 0.15) is 4.90 Å². The van der Waals surface area contributed by atoms with Crippen LogP contribution in [-0.4, -0.2) is 32.7 Å². The van der Waals surface area contributed by atoms with Gasteiger partial charge < -0.3 is 10.0 Å². The number of sulfonamides is 1. The van der Waals surface area contributed by atoms with Gasteiger partial charge in [0.15, 0.2) is 0 Å². The third-order valence-electron chi connectivity index (χ3n) is 2.66. The summed E-state index contributed by atoms with van der Waals surface area (Å²) in [6.45, 7) is 4.59. The molecule has 0 fully saturated rings. The van der Waals surface area contributed by atoms with Crippen molar-refractivity contribution in [2.45, 2.75) is 31.2 Å². The van der Waals surface area contributed by atoms with Crippen LogP contribution in [0.15, 0.2) is 29.2 Å². The topological polar surface area (TPSA) is 83.6 Å². The lowest BCUT2D eigenvalue weighted by Gasteiger charge is -2.30. The van der Waals surface area contributed by atoms with E-state index in [0.29, 0.717) is 18.7 Å². The first-order valence-electron chi connectivity index (χ1n) is 5.87. The summed E-state index contributed by atoms with van der Waals surface area (Å²) in [7, 11) is -3.74. The Kier molecular flexibility index (Phi) is 5.13. The number of rotatable bonds is 6. The Morgan fingerprint density at radius 2 is 1.94 bits per heavy atom. The number of primary sulfonamides is 1. The quantitative estimate of drug-likeness (QED) is 0.807. The first kappa shape index (κ1) is 14.9. The fourth-order valence-electron chi connectivity index (χ4n) is 1.83. The van der Waals surface area contributed by atoms with Crippen molar-refractivity contribution in [1.82, 2.24) is 0 Å². The zero-order chi connectivity index (χ0) is 13.8. The van der Waals surface area contributed by atoms with E-state index in [0.717, 1.165) is 0 Å². The van der Waals surface area contributed by atoms with Gasteiger partial charge in [-0.1, -0.05) is 12.1 Å². The molecule has 1 aromatic carbocycles. The summed E-state index contributed by atoms with van der Waals surface area (Å²) in [6.07, 6.45) is 0.580. The van der Waals surface area contributed by atoms with Crippen LogP contribution < -0.4 is 10.0 Å². The van der Waals surface area contributed by atoms with Crippen LogP contribution in [0.2, 0.25) is 0 Å². The molecule has 0 bridgehead atoms. The average molecular weight is 272 g/mol. The van der Waals surface area contributed by atoms with E-state index in [4.69, 9.17) is 10.2 Å². The van der Waals surface area contributed by atoms with Crippen molar-refractivity contribution in [3.63, 3.8) is 0 Å². The molecular formula is C12H20N2O3S.